The monoisotopic (exact) mass is 295 g/mol. The van der Waals surface area contributed by atoms with Gasteiger partial charge in [-0.25, -0.2) is 0 Å². The highest BCUT2D eigenvalue weighted by atomic mass is 16.5. The van der Waals surface area contributed by atoms with Crippen molar-refractivity contribution in [2.45, 2.75) is 27.2 Å². The Hall–Kier alpha value is -1.91. The normalized spacial score (nSPS) is 11.0. The quantitative estimate of drug-likeness (QED) is 0.875. The van der Waals surface area contributed by atoms with Crippen LogP contribution in [-0.2, 0) is 11.2 Å². The van der Waals surface area contributed by atoms with E-state index in [2.05, 4.69) is 5.32 Å². The number of methoxy groups -OCH3 is 3. The second kappa shape index (κ2) is 7.20. The summed E-state index contributed by atoms with van der Waals surface area (Å²) < 4.78 is 16.0. The molecule has 5 heteroatoms. The highest BCUT2D eigenvalue weighted by molar-refractivity contribution is 5.81. The number of carbonyl (C=O) groups excluding carboxylic acids is 1. The molecule has 118 valence electrons. The van der Waals surface area contributed by atoms with Crippen molar-refractivity contribution in [2.24, 2.45) is 5.41 Å². The molecule has 0 aliphatic carbocycles. The summed E-state index contributed by atoms with van der Waals surface area (Å²) in [5.74, 6) is 2.08. The van der Waals surface area contributed by atoms with Crippen LogP contribution in [-0.4, -0.2) is 33.8 Å². The van der Waals surface area contributed by atoms with Gasteiger partial charge in [0, 0.05) is 29.7 Å². The van der Waals surface area contributed by atoms with Crippen molar-refractivity contribution in [2.75, 3.05) is 27.9 Å². The standard InChI is InChI=1S/C16H25NO4/c1-16(2,3)15(18)17-8-7-12-13(20-5)9-11(19-4)10-14(12)21-6/h9-10H,7-8H2,1-6H3,(H,17,18). The van der Waals surface area contributed by atoms with Gasteiger partial charge in [0.25, 0.3) is 0 Å². The number of nitrogens with one attached hydrogen (secondary N) is 1. The fraction of sp³-hybridized carbons (Fsp3) is 0.562. The lowest BCUT2D eigenvalue weighted by Gasteiger charge is -2.19. The van der Waals surface area contributed by atoms with Crippen molar-refractivity contribution < 1.29 is 19.0 Å². The van der Waals surface area contributed by atoms with Crippen LogP contribution in [0.2, 0.25) is 0 Å². The Labute approximate surface area is 126 Å². The second-order valence-electron chi connectivity index (χ2n) is 5.77. The number of hydrogen-bond donors (Lipinski definition) is 1. The summed E-state index contributed by atoms with van der Waals surface area (Å²) >= 11 is 0. The van der Waals surface area contributed by atoms with Crippen LogP contribution < -0.4 is 19.5 Å². The smallest absolute Gasteiger partial charge is 0.225 e. The molecule has 0 aliphatic rings. The van der Waals surface area contributed by atoms with E-state index in [0.717, 1.165) is 5.56 Å². The maximum atomic E-state index is 11.9. The molecule has 0 radical (unpaired) electrons. The van der Waals surface area contributed by atoms with Gasteiger partial charge in [-0.2, -0.15) is 0 Å². The summed E-state index contributed by atoms with van der Waals surface area (Å²) in [6.45, 7) is 6.18. The molecular weight excluding hydrogens is 270 g/mol. The van der Waals surface area contributed by atoms with E-state index < -0.39 is 5.41 Å². The Bertz CT molecular complexity index is 467. The predicted octanol–water partition coefficient (Wildman–Crippen LogP) is 2.42. The number of rotatable bonds is 6. The molecule has 0 atom stereocenters. The zero-order valence-corrected chi connectivity index (χ0v) is 13.7. The van der Waals surface area contributed by atoms with E-state index in [9.17, 15) is 4.79 Å². The van der Waals surface area contributed by atoms with E-state index in [-0.39, 0.29) is 5.91 Å². The van der Waals surface area contributed by atoms with Crippen LogP contribution in [0.3, 0.4) is 0 Å². The summed E-state index contributed by atoms with van der Waals surface area (Å²) in [6.07, 6.45) is 0.623. The minimum atomic E-state index is -0.395. The SMILES string of the molecule is COc1cc(OC)c(CCNC(=O)C(C)(C)C)c(OC)c1. The maximum absolute atomic E-state index is 11.9. The largest absolute Gasteiger partial charge is 0.496 e. The summed E-state index contributed by atoms with van der Waals surface area (Å²) in [6, 6.07) is 3.62. The van der Waals surface area contributed by atoms with E-state index in [0.29, 0.717) is 30.2 Å². The third-order valence-corrected chi connectivity index (χ3v) is 3.16. The van der Waals surface area contributed by atoms with Gasteiger partial charge in [0.05, 0.1) is 21.3 Å². The highest BCUT2D eigenvalue weighted by Crippen LogP contribution is 2.34. The average molecular weight is 295 g/mol. The van der Waals surface area contributed by atoms with E-state index in [4.69, 9.17) is 14.2 Å². The van der Waals surface area contributed by atoms with Crippen LogP contribution in [0.4, 0.5) is 0 Å². The van der Waals surface area contributed by atoms with Gasteiger partial charge in [-0.1, -0.05) is 20.8 Å². The van der Waals surface area contributed by atoms with Gasteiger partial charge >= 0.3 is 0 Å². The summed E-state index contributed by atoms with van der Waals surface area (Å²) in [5.41, 5.74) is 0.517. The first kappa shape index (κ1) is 17.1. The molecule has 0 saturated carbocycles. The molecule has 0 heterocycles. The van der Waals surface area contributed by atoms with Gasteiger partial charge in [-0.05, 0) is 6.42 Å². The molecule has 1 aromatic carbocycles. The molecule has 0 bridgehead atoms. The first-order chi connectivity index (χ1) is 9.83. The fourth-order valence-electron chi connectivity index (χ4n) is 1.89. The summed E-state index contributed by atoms with van der Waals surface area (Å²) in [7, 11) is 4.80. The average Bonchev–Trinajstić information content (AvgIpc) is 2.45. The third-order valence-electron chi connectivity index (χ3n) is 3.16. The lowest BCUT2D eigenvalue weighted by atomic mass is 9.95. The second-order valence-corrected chi connectivity index (χ2v) is 5.77. The van der Waals surface area contributed by atoms with Gasteiger partial charge in [0.1, 0.15) is 17.2 Å². The van der Waals surface area contributed by atoms with Crippen molar-refractivity contribution in [3.8, 4) is 17.2 Å². The summed E-state index contributed by atoms with van der Waals surface area (Å²) in [5, 5.41) is 2.92. The Morgan fingerprint density at radius 3 is 1.95 bits per heavy atom. The Morgan fingerprint density at radius 2 is 1.57 bits per heavy atom. The minimum absolute atomic E-state index is 0.0222. The fourth-order valence-corrected chi connectivity index (χ4v) is 1.89. The molecule has 1 amide bonds. The van der Waals surface area contributed by atoms with Gasteiger partial charge in [-0.15, -0.1) is 0 Å². The van der Waals surface area contributed by atoms with Crippen molar-refractivity contribution in [3.05, 3.63) is 17.7 Å². The minimum Gasteiger partial charge on any atom is -0.496 e. The van der Waals surface area contributed by atoms with E-state index in [1.807, 2.05) is 32.9 Å². The molecular formula is C16H25NO4. The highest BCUT2D eigenvalue weighted by Gasteiger charge is 2.21. The molecule has 1 N–H and O–H groups in total. The van der Waals surface area contributed by atoms with Crippen molar-refractivity contribution in [1.29, 1.82) is 0 Å². The van der Waals surface area contributed by atoms with Crippen molar-refractivity contribution in [3.63, 3.8) is 0 Å². The maximum Gasteiger partial charge on any atom is 0.225 e. The van der Waals surface area contributed by atoms with Crippen LogP contribution in [0.1, 0.15) is 26.3 Å². The van der Waals surface area contributed by atoms with Gasteiger partial charge < -0.3 is 19.5 Å². The lowest BCUT2D eigenvalue weighted by Crippen LogP contribution is -2.36. The van der Waals surface area contributed by atoms with Crippen LogP contribution in [0.15, 0.2) is 12.1 Å². The molecule has 5 nitrogen and oxygen atoms in total. The van der Waals surface area contributed by atoms with Gasteiger partial charge in [0.2, 0.25) is 5.91 Å². The summed E-state index contributed by atoms with van der Waals surface area (Å²) in [4.78, 5) is 11.9. The first-order valence-corrected chi connectivity index (χ1v) is 6.90. The topological polar surface area (TPSA) is 56.8 Å². The number of carbonyl (C=O) groups is 1. The Kier molecular flexibility index (Phi) is 5.88. The molecule has 1 rings (SSSR count). The number of ether oxygens (including phenoxy) is 3. The number of amides is 1. The molecule has 21 heavy (non-hydrogen) atoms. The first-order valence-electron chi connectivity index (χ1n) is 6.90. The van der Waals surface area contributed by atoms with Crippen LogP contribution in [0.5, 0.6) is 17.2 Å². The van der Waals surface area contributed by atoms with E-state index >= 15 is 0 Å². The molecule has 0 fully saturated rings. The molecule has 0 saturated heterocycles. The number of hydrogen-bond acceptors (Lipinski definition) is 4. The van der Waals surface area contributed by atoms with Gasteiger partial charge in [-0.3, -0.25) is 4.79 Å². The van der Waals surface area contributed by atoms with E-state index in [1.54, 1.807) is 21.3 Å². The van der Waals surface area contributed by atoms with Crippen molar-refractivity contribution >= 4 is 5.91 Å². The van der Waals surface area contributed by atoms with Crippen LogP contribution in [0, 0.1) is 5.41 Å². The van der Waals surface area contributed by atoms with Crippen LogP contribution in [0.25, 0.3) is 0 Å². The van der Waals surface area contributed by atoms with Crippen molar-refractivity contribution in [1.82, 2.24) is 5.32 Å². The molecule has 1 aromatic rings. The zero-order chi connectivity index (χ0) is 16.0. The molecule has 0 aliphatic heterocycles. The Morgan fingerprint density at radius 1 is 1.05 bits per heavy atom. The van der Waals surface area contributed by atoms with Crippen LogP contribution >= 0.6 is 0 Å². The van der Waals surface area contributed by atoms with E-state index in [1.165, 1.54) is 0 Å². The molecule has 0 spiro atoms. The lowest BCUT2D eigenvalue weighted by molar-refractivity contribution is -0.128. The van der Waals surface area contributed by atoms with Gasteiger partial charge in [0.15, 0.2) is 0 Å². The predicted molar refractivity (Wildman–Crippen MR) is 82.3 cm³/mol. The Balaban J connectivity index is 2.85. The molecule has 0 aromatic heterocycles. The third kappa shape index (κ3) is 4.55. The zero-order valence-electron chi connectivity index (χ0n) is 13.7. The number of benzene rings is 1. The molecule has 0 unspecified atom stereocenters.